The van der Waals surface area contributed by atoms with Crippen LogP contribution in [0.25, 0.3) is 0 Å². The molecule has 0 aliphatic rings. The van der Waals surface area contributed by atoms with Gasteiger partial charge in [-0.05, 0) is 48.7 Å². The summed E-state index contributed by atoms with van der Waals surface area (Å²) >= 11 is 0. The number of amides is 2. The molecule has 2 aromatic rings. The minimum atomic E-state index is -0.196. The molecule has 0 atom stereocenters. The highest BCUT2D eigenvalue weighted by molar-refractivity contribution is 6.05. The van der Waals surface area contributed by atoms with Gasteiger partial charge >= 0.3 is 0 Å². The molecule has 0 bridgehead atoms. The molecule has 0 heterocycles. The number of carbonyl (C=O) groups is 2. The molecule has 0 radical (unpaired) electrons. The van der Waals surface area contributed by atoms with Crippen molar-refractivity contribution in [3.63, 3.8) is 0 Å². The molecule has 2 aromatic carbocycles. The minimum absolute atomic E-state index is 0. The van der Waals surface area contributed by atoms with E-state index in [-0.39, 0.29) is 24.2 Å². The summed E-state index contributed by atoms with van der Waals surface area (Å²) in [6.07, 6.45) is 1.27. The van der Waals surface area contributed by atoms with E-state index in [0.29, 0.717) is 29.9 Å². The quantitative estimate of drug-likeness (QED) is 0.730. The van der Waals surface area contributed by atoms with Crippen molar-refractivity contribution in [2.24, 2.45) is 5.73 Å². The summed E-state index contributed by atoms with van der Waals surface area (Å²) in [7, 11) is 0. The lowest BCUT2D eigenvalue weighted by molar-refractivity contribution is -0.116. The summed E-state index contributed by atoms with van der Waals surface area (Å²) in [6, 6.07) is 12.6. The summed E-state index contributed by atoms with van der Waals surface area (Å²) in [4.78, 5) is 24.1. The summed E-state index contributed by atoms with van der Waals surface area (Å²) in [5.41, 5.74) is 9.32. The molecule has 0 spiro atoms. The van der Waals surface area contributed by atoms with Crippen LogP contribution in [0.1, 0.15) is 41.3 Å². The second kappa shape index (κ2) is 9.81. The van der Waals surface area contributed by atoms with Crippen LogP contribution in [-0.4, -0.2) is 11.8 Å². The number of nitrogens with two attached hydrogens (primary N) is 1. The van der Waals surface area contributed by atoms with Crippen LogP contribution in [0.4, 0.5) is 11.4 Å². The zero-order valence-electron chi connectivity index (χ0n) is 14.5. The first kappa shape index (κ1) is 20.7. The Balaban J connectivity index is 0.00000312. The fourth-order valence-corrected chi connectivity index (χ4v) is 2.33. The van der Waals surface area contributed by atoms with Crippen LogP contribution in [0.3, 0.4) is 0 Å². The van der Waals surface area contributed by atoms with Crippen LogP contribution in [-0.2, 0) is 11.3 Å². The van der Waals surface area contributed by atoms with Gasteiger partial charge in [0.25, 0.3) is 5.91 Å². The lowest BCUT2D eigenvalue weighted by Gasteiger charge is -2.13. The molecule has 0 saturated heterocycles. The molecule has 2 amide bonds. The second-order valence-corrected chi connectivity index (χ2v) is 5.63. The van der Waals surface area contributed by atoms with Crippen LogP contribution in [0, 0.1) is 6.92 Å². The standard InChI is InChI=1S/C19H23N3O2.ClH/c1-3-5-18(23)21-16-6-4-7-17(13(16)2)22-19(24)15-10-8-14(12-20)9-11-15;/h4,6-11H,3,5,12,20H2,1-2H3,(H,21,23)(H,22,24);1H. The summed E-state index contributed by atoms with van der Waals surface area (Å²) < 4.78 is 0. The van der Waals surface area contributed by atoms with E-state index in [1.165, 1.54) is 0 Å². The molecule has 0 fully saturated rings. The third-order valence-corrected chi connectivity index (χ3v) is 3.78. The molecule has 25 heavy (non-hydrogen) atoms. The van der Waals surface area contributed by atoms with E-state index in [4.69, 9.17) is 5.73 Å². The van der Waals surface area contributed by atoms with Crippen molar-refractivity contribution in [3.8, 4) is 0 Å². The molecule has 4 N–H and O–H groups in total. The molecule has 0 saturated carbocycles. The Morgan fingerprint density at radius 2 is 1.60 bits per heavy atom. The Bertz CT molecular complexity index is 730. The third-order valence-electron chi connectivity index (χ3n) is 3.78. The van der Waals surface area contributed by atoms with Crippen LogP contribution < -0.4 is 16.4 Å². The van der Waals surface area contributed by atoms with Crippen LogP contribution in [0.15, 0.2) is 42.5 Å². The predicted octanol–water partition coefficient (Wildman–Crippen LogP) is 3.87. The van der Waals surface area contributed by atoms with E-state index in [2.05, 4.69) is 10.6 Å². The van der Waals surface area contributed by atoms with E-state index in [9.17, 15) is 9.59 Å². The van der Waals surface area contributed by atoms with Crippen LogP contribution in [0.5, 0.6) is 0 Å². The fraction of sp³-hybridized carbons (Fsp3) is 0.263. The smallest absolute Gasteiger partial charge is 0.255 e. The highest BCUT2D eigenvalue weighted by Gasteiger charge is 2.11. The zero-order chi connectivity index (χ0) is 17.5. The molecule has 0 aliphatic carbocycles. The average Bonchev–Trinajstić information content (AvgIpc) is 2.58. The first-order chi connectivity index (χ1) is 11.5. The lowest BCUT2D eigenvalue weighted by Crippen LogP contribution is -2.15. The van der Waals surface area contributed by atoms with E-state index < -0.39 is 0 Å². The van der Waals surface area contributed by atoms with Crippen molar-refractivity contribution in [2.75, 3.05) is 10.6 Å². The first-order valence-electron chi connectivity index (χ1n) is 8.05. The first-order valence-corrected chi connectivity index (χ1v) is 8.05. The van der Waals surface area contributed by atoms with Crippen molar-refractivity contribution in [3.05, 3.63) is 59.2 Å². The van der Waals surface area contributed by atoms with Crippen molar-refractivity contribution in [2.45, 2.75) is 33.2 Å². The molecular weight excluding hydrogens is 338 g/mol. The van der Waals surface area contributed by atoms with Gasteiger partial charge in [-0.3, -0.25) is 9.59 Å². The topological polar surface area (TPSA) is 84.2 Å². The normalized spacial score (nSPS) is 9.88. The molecule has 0 unspecified atom stereocenters. The fourth-order valence-electron chi connectivity index (χ4n) is 2.33. The Hall–Kier alpha value is -2.37. The number of nitrogens with one attached hydrogen (secondary N) is 2. The van der Waals surface area contributed by atoms with Gasteiger partial charge in [0.1, 0.15) is 0 Å². The third kappa shape index (κ3) is 5.59. The average molecular weight is 362 g/mol. The van der Waals surface area contributed by atoms with Gasteiger partial charge in [0, 0.05) is 29.9 Å². The van der Waals surface area contributed by atoms with Crippen molar-refractivity contribution in [1.29, 1.82) is 0 Å². The van der Waals surface area contributed by atoms with Gasteiger partial charge in [0.05, 0.1) is 0 Å². The lowest BCUT2D eigenvalue weighted by atomic mass is 10.1. The number of rotatable bonds is 6. The summed E-state index contributed by atoms with van der Waals surface area (Å²) in [5, 5.41) is 5.76. The van der Waals surface area contributed by atoms with Gasteiger partial charge in [-0.2, -0.15) is 0 Å². The van der Waals surface area contributed by atoms with E-state index in [1.807, 2.05) is 44.2 Å². The van der Waals surface area contributed by atoms with Crippen LogP contribution >= 0.6 is 12.4 Å². The number of halogens is 1. The van der Waals surface area contributed by atoms with Crippen LogP contribution in [0.2, 0.25) is 0 Å². The maximum Gasteiger partial charge on any atom is 0.255 e. The highest BCUT2D eigenvalue weighted by atomic mass is 35.5. The Morgan fingerprint density at radius 3 is 2.16 bits per heavy atom. The maximum atomic E-state index is 12.4. The number of carbonyl (C=O) groups excluding carboxylic acids is 2. The molecule has 134 valence electrons. The van der Waals surface area contributed by atoms with E-state index >= 15 is 0 Å². The SMILES string of the molecule is CCCC(=O)Nc1cccc(NC(=O)c2ccc(CN)cc2)c1C.Cl. The van der Waals surface area contributed by atoms with Crippen molar-refractivity contribution in [1.82, 2.24) is 0 Å². The molecule has 0 aliphatic heterocycles. The number of benzene rings is 2. The van der Waals surface area contributed by atoms with Gasteiger partial charge in [0.2, 0.25) is 5.91 Å². The second-order valence-electron chi connectivity index (χ2n) is 5.63. The molecule has 0 aromatic heterocycles. The molecule has 2 rings (SSSR count). The molecular formula is C19H24ClN3O2. The maximum absolute atomic E-state index is 12.4. The van der Waals surface area contributed by atoms with Crippen molar-refractivity contribution >= 4 is 35.6 Å². The Kier molecular flexibility index (Phi) is 8.11. The highest BCUT2D eigenvalue weighted by Crippen LogP contribution is 2.24. The Labute approximate surface area is 154 Å². The van der Waals surface area contributed by atoms with Gasteiger partial charge < -0.3 is 16.4 Å². The Morgan fingerprint density at radius 1 is 1.00 bits per heavy atom. The van der Waals surface area contributed by atoms with Gasteiger partial charge in [-0.15, -0.1) is 12.4 Å². The number of hydrogen-bond acceptors (Lipinski definition) is 3. The predicted molar refractivity (Wildman–Crippen MR) is 104 cm³/mol. The number of anilines is 2. The summed E-state index contributed by atoms with van der Waals surface area (Å²) in [5.74, 6) is -0.222. The largest absolute Gasteiger partial charge is 0.326 e. The monoisotopic (exact) mass is 361 g/mol. The van der Waals surface area contributed by atoms with Gasteiger partial charge in [0.15, 0.2) is 0 Å². The van der Waals surface area contributed by atoms with E-state index in [1.54, 1.807) is 12.1 Å². The molecule has 6 heteroatoms. The van der Waals surface area contributed by atoms with E-state index in [0.717, 1.165) is 17.5 Å². The zero-order valence-corrected chi connectivity index (χ0v) is 15.3. The number of hydrogen-bond donors (Lipinski definition) is 3. The van der Waals surface area contributed by atoms with Crippen molar-refractivity contribution < 1.29 is 9.59 Å². The summed E-state index contributed by atoms with van der Waals surface area (Å²) in [6.45, 7) is 4.27. The van der Waals surface area contributed by atoms with Gasteiger partial charge in [-0.25, -0.2) is 0 Å². The van der Waals surface area contributed by atoms with Gasteiger partial charge in [-0.1, -0.05) is 25.1 Å². The molecule has 5 nitrogen and oxygen atoms in total. The minimum Gasteiger partial charge on any atom is -0.326 e.